The highest BCUT2D eigenvalue weighted by Crippen LogP contribution is 2.18. The Labute approximate surface area is 142 Å². The molecular weight excluding hydrogens is 328 g/mol. The summed E-state index contributed by atoms with van der Waals surface area (Å²) >= 11 is 0. The molecule has 0 unspecified atom stereocenters. The fraction of sp³-hybridized carbons (Fsp3) is 0.375. The van der Waals surface area contributed by atoms with Gasteiger partial charge in [-0.3, -0.25) is 9.10 Å². The second kappa shape index (κ2) is 7.96. The second-order valence-corrected chi connectivity index (χ2v) is 7.52. The summed E-state index contributed by atoms with van der Waals surface area (Å²) in [6.45, 7) is 2.86. The summed E-state index contributed by atoms with van der Waals surface area (Å²) in [5, 5.41) is 2.75. The number of sulfonamides is 1. The van der Waals surface area contributed by atoms with E-state index in [1.54, 1.807) is 30.7 Å². The SMILES string of the molecule is Cc1cccc(N(CC(=O)NCCCn2ccnc2)S(C)(=O)=O)c1. The molecule has 0 aliphatic rings. The molecule has 0 saturated heterocycles. The summed E-state index contributed by atoms with van der Waals surface area (Å²) in [4.78, 5) is 16.0. The molecule has 8 heteroatoms. The van der Waals surface area contributed by atoms with Gasteiger partial charge in [0.1, 0.15) is 6.54 Å². The van der Waals surface area contributed by atoms with Crippen molar-refractivity contribution in [1.82, 2.24) is 14.9 Å². The lowest BCUT2D eigenvalue weighted by Crippen LogP contribution is -2.40. The van der Waals surface area contributed by atoms with E-state index in [-0.39, 0.29) is 12.5 Å². The van der Waals surface area contributed by atoms with Gasteiger partial charge in [-0.1, -0.05) is 12.1 Å². The fourth-order valence-electron chi connectivity index (χ4n) is 2.28. The van der Waals surface area contributed by atoms with Crippen LogP contribution in [-0.2, 0) is 21.4 Å². The van der Waals surface area contributed by atoms with Crippen LogP contribution < -0.4 is 9.62 Å². The van der Waals surface area contributed by atoms with Crippen molar-refractivity contribution in [3.05, 3.63) is 48.5 Å². The van der Waals surface area contributed by atoms with E-state index in [0.717, 1.165) is 29.1 Å². The van der Waals surface area contributed by atoms with Gasteiger partial charge in [0.15, 0.2) is 0 Å². The Morgan fingerprint density at radius 2 is 2.17 bits per heavy atom. The maximum Gasteiger partial charge on any atom is 0.240 e. The first-order valence-electron chi connectivity index (χ1n) is 7.63. The standard InChI is InChI=1S/C16H22N4O3S/c1-14-5-3-6-15(11-14)20(24(2,22)23)12-16(21)18-7-4-9-19-10-8-17-13-19/h3,5-6,8,10-11,13H,4,7,9,12H2,1-2H3,(H,18,21). The molecule has 0 fully saturated rings. The van der Waals surface area contributed by atoms with E-state index in [2.05, 4.69) is 10.3 Å². The Bertz CT molecular complexity index is 772. The molecule has 24 heavy (non-hydrogen) atoms. The molecule has 130 valence electrons. The third kappa shape index (κ3) is 5.38. The predicted molar refractivity (Wildman–Crippen MR) is 93.2 cm³/mol. The third-order valence-corrected chi connectivity index (χ3v) is 4.59. The summed E-state index contributed by atoms with van der Waals surface area (Å²) in [6.07, 6.45) is 7.10. The van der Waals surface area contributed by atoms with Crippen LogP contribution >= 0.6 is 0 Å². The number of nitrogens with one attached hydrogen (secondary N) is 1. The predicted octanol–water partition coefficient (Wildman–Crippen LogP) is 1.16. The summed E-state index contributed by atoms with van der Waals surface area (Å²) < 4.78 is 27.0. The number of hydrogen-bond donors (Lipinski definition) is 1. The Morgan fingerprint density at radius 3 is 2.79 bits per heavy atom. The van der Waals surface area contributed by atoms with Crippen LogP contribution in [0, 0.1) is 6.92 Å². The monoisotopic (exact) mass is 350 g/mol. The van der Waals surface area contributed by atoms with Gasteiger partial charge in [0.05, 0.1) is 18.3 Å². The van der Waals surface area contributed by atoms with E-state index in [0.29, 0.717) is 12.2 Å². The lowest BCUT2D eigenvalue weighted by Gasteiger charge is -2.22. The number of aryl methyl sites for hydroxylation is 2. The highest BCUT2D eigenvalue weighted by molar-refractivity contribution is 7.92. The lowest BCUT2D eigenvalue weighted by molar-refractivity contribution is -0.119. The number of hydrogen-bond acceptors (Lipinski definition) is 4. The van der Waals surface area contributed by atoms with Crippen molar-refractivity contribution in [2.24, 2.45) is 0 Å². The van der Waals surface area contributed by atoms with Crippen LogP contribution in [0.3, 0.4) is 0 Å². The van der Waals surface area contributed by atoms with Crippen molar-refractivity contribution in [2.75, 3.05) is 23.7 Å². The number of amides is 1. The van der Waals surface area contributed by atoms with E-state index in [9.17, 15) is 13.2 Å². The molecule has 1 aromatic heterocycles. The topological polar surface area (TPSA) is 84.3 Å². The van der Waals surface area contributed by atoms with Gasteiger partial charge in [-0.15, -0.1) is 0 Å². The van der Waals surface area contributed by atoms with E-state index >= 15 is 0 Å². The van der Waals surface area contributed by atoms with Crippen LogP contribution in [-0.4, -0.2) is 43.2 Å². The van der Waals surface area contributed by atoms with Gasteiger partial charge in [-0.2, -0.15) is 0 Å². The molecule has 1 N–H and O–H groups in total. The maximum absolute atomic E-state index is 12.1. The van der Waals surface area contributed by atoms with Gasteiger partial charge in [0.25, 0.3) is 0 Å². The molecule has 0 spiro atoms. The quantitative estimate of drug-likeness (QED) is 0.724. The van der Waals surface area contributed by atoms with Crippen molar-refractivity contribution < 1.29 is 13.2 Å². The third-order valence-electron chi connectivity index (χ3n) is 3.45. The van der Waals surface area contributed by atoms with Crippen molar-refractivity contribution >= 4 is 21.6 Å². The molecule has 0 radical (unpaired) electrons. The first-order chi connectivity index (χ1) is 11.4. The van der Waals surface area contributed by atoms with E-state index in [1.807, 2.05) is 23.8 Å². The Kier molecular flexibility index (Phi) is 5.97. The van der Waals surface area contributed by atoms with Crippen molar-refractivity contribution in [1.29, 1.82) is 0 Å². The highest BCUT2D eigenvalue weighted by Gasteiger charge is 2.20. The van der Waals surface area contributed by atoms with Gasteiger partial charge in [-0.25, -0.2) is 13.4 Å². The maximum atomic E-state index is 12.1. The summed E-state index contributed by atoms with van der Waals surface area (Å²) in [5.74, 6) is -0.326. The highest BCUT2D eigenvalue weighted by atomic mass is 32.2. The minimum absolute atomic E-state index is 0.229. The van der Waals surface area contributed by atoms with Crippen molar-refractivity contribution in [3.63, 3.8) is 0 Å². The summed E-state index contributed by atoms with van der Waals surface area (Å²) in [7, 11) is -3.54. The minimum Gasteiger partial charge on any atom is -0.354 e. The average Bonchev–Trinajstić information content (AvgIpc) is 3.01. The number of anilines is 1. The van der Waals surface area contributed by atoms with E-state index in [4.69, 9.17) is 0 Å². The first-order valence-corrected chi connectivity index (χ1v) is 9.48. The number of nitrogens with zero attached hydrogens (tertiary/aromatic N) is 3. The molecule has 1 aromatic carbocycles. The van der Waals surface area contributed by atoms with Crippen molar-refractivity contribution in [2.45, 2.75) is 19.9 Å². The largest absolute Gasteiger partial charge is 0.354 e. The summed E-state index contributed by atoms with van der Waals surface area (Å²) in [5.41, 5.74) is 1.42. The zero-order chi connectivity index (χ0) is 17.6. The van der Waals surface area contributed by atoms with Crippen LogP contribution in [0.1, 0.15) is 12.0 Å². The number of rotatable bonds is 8. The molecular formula is C16H22N4O3S. The molecule has 0 saturated carbocycles. The first kappa shape index (κ1) is 18.0. The van der Waals surface area contributed by atoms with Gasteiger partial charge >= 0.3 is 0 Å². The van der Waals surface area contributed by atoms with Crippen LogP contribution in [0.15, 0.2) is 43.0 Å². The normalized spacial score (nSPS) is 11.2. The minimum atomic E-state index is -3.54. The van der Waals surface area contributed by atoms with Gasteiger partial charge in [-0.05, 0) is 31.0 Å². The Balaban J connectivity index is 1.90. The van der Waals surface area contributed by atoms with Crippen LogP contribution in [0.25, 0.3) is 0 Å². The van der Waals surface area contributed by atoms with Crippen LogP contribution in [0.2, 0.25) is 0 Å². The average molecular weight is 350 g/mol. The second-order valence-electron chi connectivity index (χ2n) is 5.61. The van der Waals surface area contributed by atoms with E-state index < -0.39 is 10.0 Å². The number of carbonyl (C=O) groups is 1. The molecule has 0 atom stereocenters. The van der Waals surface area contributed by atoms with Gasteiger partial charge in [0, 0.05) is 25.5 Å². The zero-order valence-corrected chi connectivity index (χ0v) is 14.7. The molecule has 2 aromatic rings. The number of carbonyl (C=O) groups excluding carboxylic acids is 1. The molecule has 0 aliphatic heterocycles. The van der Waals surface area contributed by atoms with Crippen molar-refractivity contribution in [3.8, 4) is 0 Å². The number of benzene rings is 1. The molecule has 0 aliphatic carbocycles. The van der Waals surface area contributed by atoms with Crippen LogP contribution in [0.4, 0.5) is 5.69 Å². The number of aromatic nitrogens is 2. The molecule has 0 bridgehead atoms. The van der Waals surface area contributed by atoms with Gasteiger partial charge in [0.2, 0.25) is 15.9 Å². The van der Waals surface area contributed by atoms with Gasteiger partial charge < -0.3 is 9.88 Å². The van der Waals surface area contributed by atoms with E-state index in [1.165, 1.54) is 0 Å². The van der Waals surface area contributed by atoms with Crippen LogP contribution in [0.5, 0.6) is 0 Å². The Hall–Kier alpha value is -2.35. The lowest BCUT2D eigenvalue weighted by atomic mass is 10.2. The molecule has 1 amide bonds. The zero-order valence-electron chi connectivity index (χ0n) is 13.8. The molecule has 1 heterocycles. The molecule has 7 nitrogen and oxygen atoms in total. The molecule has 2 rings (SSSR count). The number of imidazole rings is 1. The Morgan fingerprint density at radius 1 is 1.38 bits per heavy atom. The fourth-order valence-corrected chi connectivity index (χ4v) is 3.13. The summed E-state index contributed by atoms with van der Waals surface area (Å²) in [6, 6.07) is 7.07. The smallest absolute Gasteiger partial charge is 0.240 e.